The number of nitrogens with zero attached hydrogens (tertiary/aromatic N) is 1. The Morgan fingerprint density at radius 2 is 2.19 bits per heavy atom. The molecule has 1 heterocycles. The van der Waals surface area contributed by atoms with Gasteiger partial charge in [-0.3, -0.25) is 0 Å². The molecular weight excluding hydrogens is 230 g/mol. The molecule has 5 nitrogen and oxygen atoms in total. The van der Waals surface area contributed by atoms with Gasteiger partial charge < -0.3 is 14.2 Å². The summed E-state index contributed by atoms with van der Waals surface area (Å²) in [7, 11) is 0. The SMILES string of the molecule is CC(C)(C)OC(=O)N1CCC(CS(=O)O)C1. The van der Waals surface area contributed by atoms with Crippen molar-refractivity contribution in [3.8, 4) is 0 Å². The topological polar surface area (TPSA) is 66.8 Å². The van der Waals surface area contributed by atoms with Gasteiger partial charge in [0, 0.05) is 13.1 Å². The molecule has 1 amide bonds. The quantitative estimate of drug-likeness (QED) is 0.752. The summed E-state index contributed by atoms with van der Waals surface area (Å²) in [6, 6.07) is 0. The maximum atomic E-state index is 11.7. The van der Waals surface area contributed by atoms with E-state index in [2.05, 4.69) is 0 Å². The van der Waals surface area contributed by atoms with Crippen molar-refractivity contribution in [3.63, 3.8) is 0 Å². The Balaban J connectivity index is 2.41. The van der Waals surface area contributed by atoms with Crippen LogP contribution in [0.5, 0.6) is 0 Å². The molecule has 16 heavy (non-hydrogen) atoms. The number of amides is 1. The van der Waals surface area contributed by atoms with Gasteiger partial charge in [-0.15, -0.1) is 0 Å². The molecule has 1 fully saturated rings. The van der Waals surface area contributed by atoms with Crippen LogP contribution in [0.4, 0.5) is 4.79 Å². The summed E-state index contributed by atoms with van der Waals surface area (Å²) >= 11 is -1.78. The van der Waals surface area contributed by atoms with E-state index in [1.165, 1.54) is 0 Å². The molecule has 2 unspecified atom stereocenters. The van der Waals surface area contributed by atoms with Gasteiger partial charge in [-0.2, -0.15) is 0 Å². The van der Waals surface area contributed by atoms with Crippen LogP contribution in [0.1, 0.15) is 27.2 Å². The van der Waals surface area contributed by atoms with E-state index in [0.29, 0.717) is 13.1 Å². The van der Waals surface area contributed by atoms with Crippen molar-refractivity contribution in [2.45, 2.75) is 32.8 Å². The molecular formula is C10H19NO4S. The Bertz CT molecular complexity index is 287. The van der Waals surface area contributed by atoms with Crippen molar-refractivity contribution in [1.82, 2.24) is 4.90 Å². The van der Waals surface area contributed by atoms with Crippen LogP contribution in [0.25, 0.3) is 0 Å². The first-order valence-electron chi connectivity index (χ1n) is 5.33. The lowest BCUT2D eigenvalue weighted by Gasteiger charge is -2.24. The van der Waals surface area contributed by atoms with Crippen molar-refractivity contribution >= 4 is 17.2 Å². The van der Waals surface area contributed by atoms with Crippen molar-refractivity contribution in [1.29, 1.82) is 0 Å². The fourth-order valence-corrected chi connectivity index (χ4v) is 2.34. The number of hydrogen-bond acceptors (Lipinski definition) is 3. The Morgan fingerprint density at radius 1 is 1.56 bits per heavy atom. The number of hydrogen-bond donors (Lipinski definition) is 1. The zero-order valence-electron chi connectivity index (χ0n) is 9.93. The van der Waals surface area contributed by atoms with Crippen LogP contribution >= 0.6 is 0 Å². The first-order valence-corrected chi connectivity index (χ1v) is 6.61. The minimum absolute atomic E-state index is 0.110. The maximum absolute atomic E-state index is 11.7. The predicted molar refractivity (Wildman–Crippen MR) is 61.6 cm³/mol. The molecule has 1 N–H and O–H groups in total. The van der Waals surface area contributed by atoms with Crippen molar-refractivity contribution in [3.05, 3.63) is 0 Å². The van der Waals surface area contributed by atoms with Crippen LogP contribution in [0.15, 0.2) is 0 Å². The second kappa shape index (κ2) is 5.14. The third-order valence-corrected chi connectivity index (χ3v) is 3.07. The normalized spacial score (nSPS) is 23.2. The standard InChI is InChI=1S/C10H19NO4S/c1-10(2,3)15-9(12)11-5-4-8(6-11)7-16(13)14/h8H,4-7H2,1-3H3,(H,13,14). The number of carbonyl (C=O) groups is 1. The minimum Gasteiger partial charge on any atom is -0.444 e. The zero-order valence-corrected chi connectivity index (χ0v) is 10.7. The first-order chi connectivity index (χ1) is 7.28. The van der Waals surface area contributed by atoms with E-state index in [-0.39, 0.29) is 17.8 Å². The molecule has 0 aromatic heterocycles. The van der Waals surface area contributed by atoms with Gasteiger partial charge in [0.1, 0.15) is 5.60 Å². The fraction of sp³-hybridized carbons (Fsp3) is 0.900. The molecule has 2 atom stereocenters. The molecule has 1 aliphatic rings. The molecule has 1 rings (SSSR count). The smallest absolute Gasteiger partial charge is 0.410 e. The molecule has 0 bridgehead atoms. The van der Waals surface area contributed by atoms with Crippen LogP contribution < -0.4 is 0 Å². The Morgan fingerprint density at radius 3 is 2.69 bits per heavy atom. The van der Waals surface area contributed by atoms with Crippen LogP contribution in [-0.2, 0) is 15.8 Å². The number of likely N-dealkylation sites (tertiary alicyclic amines) is 1. The summed E-state index contributed by atoms with van der Waals surface area (Å²) in [4.78, 5) is 13.3. The molecule has 0 aromatic rings. The van der Waals surface area contributed by atoms with Crippen molar-refractivity contribution in [2.75, 3.05) is 18.8 Å². The summed E-state index contributed by atoms with van der Waals surface area (Å²) in [6.45, 7) is 6.59. The summed E-state index contributed by atoms with van der Waals surface area (Å²) < 4.78 is 24.6. The van der Waals surface area contributed by atoms with E-state index < -0.39 is 16.7 Å². The zero-order chi connectivity index (χ0) is 12.3. The second-order valence-electron chi connectivity index (χ2n) is 5.07. The van der Waals surface area contributed by atoms with Gasteiger partial charge in [0.25, 0.3) is 0 Å². The van der Waals surface area contributed by atoms with Crippen LogP contribution in [0.3, 0.4) is 0 Å². The van der Waals surface area contributed by atoms with E-state index in [0.717, 1.165) is 6.42 Å². The highest BCUT2D eigenvalue weighted by Gasteiger charge is 2.30. The molecule has 1 saturated heterocycles. The molecule has 0 aromatic carbocycles. The number of carbonyl (C=O) groups excluding carboxylic acids is 1. The third kappa shape index (κ3) is 4.49. The van der Waals surface area contributed by atoms with Gasteiger partial charge in [0.05, 0.1) is 5.75 Å². The Hall–Kier alpha value is -0.620. The first kappa shape index (κ1) is 13.4. The Kier molecular flexibility index (Phi) is 4.32. The molecule has 0 radical (unpaired) electrons. The maximum Gasteiger partial charge on any atom is 0.410 e. The summed E-state index contributed by atoms with van der Waals surface area (Å²) in [5.74, 6) is 0.345. The van der Waals surface area contributed by atoms with Crippen LogP contribution in [-0.4, -0.2) is 44.2 Å². The predicted octanol–water partition coefficient (Wildman–Crippen LogP) is 1.47. The lowest BCUT2D eigenvalue weighted by atomic mass is 10.2. The van der Waals surface area contributed by atoms with Crippen molar-refractivity contribution < 1.29 is 18.3 Å². The fourth-order valence-electron chi connectivity index (χ4n) is 1.66. The van der Waals surface area contributed by atoms with E-state index >= 15 is 0 Å². The minimum atomic E-state index is -1.78. The van der Waals surface area contributed by atoms with E-state index in [4.69, 9.17) is 9.29 Å². The molecule has 94 valence electrons. The average molecular weight is 249 g/mol. The summed E-state index contributed by atoms with van der Waals surface area (Å²) in [5, 5.41) is 0. The summed E-state index contributed by atoms with van der Waals surface area (Å²) in [5.41, 5.74) is -0.491. The van der Waals surface area contributed by atoms with Gasteiger partial charge in [-0.25, -0.2) is 9.00 Å². The monoisotopic (exact) mass is 249 g/mol. The van der Waals surface area contributed by atoms with Gasteiger partial charge >= 0.3 is 6.09 Å². The average Bonchev–Trinajstić information content (AvgIpc) is 2.48. The summed E-state index contributed by atoms with van der Waals surface area (Å²) in [6.07, 6.45) is 0.435. The highest BCUT2D eigenvalue weighted by atomic mass is 32.2. The molecule has 1 aliphatic heterocycles. The van der Waals surface area contributed by atoms with Gasteiger partial charge in [0.15, 0.2) is 11.1 Å². The second-order valence-corrected chi connectivity index (χ2v) is 6.05. The van der Waals surface area contributed by atoms with Crippen LogP contribution in [0.2, 0.25) is 0 Å². The van der Waals surface area contributed by atoms with Crippen LogP contribution in [0, 0.1) is 5.92 Å². The highest BCUT2D eigenvalue weighted by Crippen LogP contribution is 2.19. The molecule has 0 aliphatic carbocycles. The number of rotatable bonds is 2. The van der Waals surface area contributed by atoms with E-state index in [1.807, 2.05) is 20.8 Å². The van der Waals surface area contributed by atoms with Gasteiger partial charge in [-0.1, -0.05) is 0 Å². The number of ether oxygens (including phenoxy) is 1. The van der Waals surface area contributed by atoms with Gasteiger partial charge in [0.2, 0.25) is 0 Å². The third-order valence-electron chi connectivity index (χ3n) is 2.32. The van der Waals surface area contributed by atoms with E-state index in [1.54, 1.807) is 4.90 Å². The Labute approximate surface area is 98.4 Å². The molecule has 0 saturated carbocycles. The van der Waals surface area contributed by atoms with Gasteiger partial charge in [-0.05, 0) is 33.1 Å². The lowest BCUT2D eigenvalue weighted by molar-refractivity contribution is 0.0289. The molecule has 6 heteroatoms. The van der Waals surface area contributed by atoms with Crippen molar-refractivity contribution in [2.24, 2.45) is 5.92 Å². The molecule has 0 spiro atoms. The lowest BCUT2D eigenvalue weighted by Crippen LogP contribution is -2.35. The highest BCUT2D eigenvalue weighted by molar-refractivity contribution is 7.79. The largest absolute Gasteiger partial charge is 0.444 e. The van der Waals surface area contributed by atoms with E-state index in [9.17, 15) is 9.00 Å².